The SMILES string of the molecule is CC(C)OC1CN(C(=O)NC2CCCc3cc(-c4ccnc5[nH]c(-c6cnn(C)c6)cc45)ccc32)C1. The Kier molecular flexibility index (Phi) is 5.76. The Labute approximate surface area is 210 Å². The monoisotopic (exact) mass is 484 g/mol. The van der Waals surface area contributed by atoms with Crippen molar-refractivity contribution in [3.8, 4) is 22.4 Å². The van der Waals surface area contributed by atoms with E-state index in [0.717, 1.165) is 47.1 Å². The van der Waals surface area contributed by atoms with E-state index in [9.17, 15) is 4.79 Å². The maximum atomic E-state index is 12.8. The number of carbonyl (C=O) groups is 1. The molecule has 6 rings (SSSR count). The number of nitrogens with zero attached hydrogens (tertiary/aromatic N) is 4. The van der Waals surface area contributed by atoms with Crippen LogP contribution in [0.15, 0.2) is 48.9 Å². The molecule has 2 amide bonds. The van der Waals surface area contributed by atoms with Crippen LogP contribution in [0, 0.1) is 0 Å². The Bertz CT molecular complexity index is 1410. The normalized spacial score (nSPS) is 17.9. The average Bonchev–Trinajstić information content (AvgIpc) is 3.46. The largest absolute Gasteiger partial charge is 0.372 e. The Morgan fingerprint density at radius 3 is 2.83 bits per heavy atom. The number of likely N-dealkylation sites (tertiary alicyclic amines) is 1. The molecule has 2 N–H and O–H groups in total. The molecule has 4 aromatic rings. The maximum Gasteiger partial charge on any atom is 0.318 e. The number of aromatic nitrogens is 4. The molecular formula is C28H32N6O2. The summed E-state index contributed by atoms with van der Waals surface area (Å²) in [6, 6.07) is 10.9. The number of ether oxygens (including phenoxy) is 1. The fourth-order valence-corrected chi connectivity index (χ4v) is 5.44. The molecule has 1 aliphatic carbocycles. The summed E-state index contributed by atoms with van der Waals surface area (Å²) in [6.07, 6.45) is 9.09. The molecule has 0 saturated carbocycles. The maximum absolute atomic E-state index is 12.8. The highest BCUT2D eigenvalue weighted by Gasteiger charge is 2.33. The van der Waals surface area contributed by atoms with Crippen molar-refractivity contribution in [2.75, 3.05) is 13.1 Å². The van der Waals surface area contributed by atoms with E-state index in [1.165, 1.54) is 16.7 Å². The molecule has 2 aliphatic rings. The number of benzene rings is 1. The number of aryl methyl sites for hydroxylation is 2. The van der Waals surface area contributed by atoms with Crippen molar-refractivity contribution in [2.45, 2.75) is 51.4 Å². The average molecular weight is 485 g/mol. The van der Waals surface area contributed by atoms with Gasteiger partial charge >= 0.3 is 6.03 Å². The van der Waals surface area contributed by atoms with Crippen molar-refractivity contribution in [3.05, 3.63) is 60.0 Å². The van der Waals surface area contributed by atoms with E-state index in [1.54, 1.807) is 4.68 Å². The minimum atomic E-state index is 0.00614. The highest BCUT2D eigenvalue weighted by Crippen LogP contribution is 2.36. The zero-order chi connectivity index (χ0) is 24.8. The Hall–Kier alpha value is -3.65. The molecule has 186 valence electrons. The summed E-state index contributed by atoms with van der Waals surface area (Å²) >= 11 is 0. The quantitative estimate of drug-likeness (QED) is 0.425. The number of nitrogens with one attached hydrogen (secondary N) is 2. The zero-order valence-corrected chi connectivity index (χ0v) is 21.0. The van der Waals surface area contributed by atoms with Crippen LogP contribution in [0.3, 0.4) is 0 Å². The van der Waals surface area contributed by atoms with Crippen molar-refractivity contribution < 1.29 is 9.53 Å². The molecule has 1 fully saturated rings. The van der Waals surface area contributed by atoms with E-state index in [0.29, 0.717) is 13.1 Å². The zero-order valence-electron chi connectivity index (χ0n) is 21.0. The van der Waals surface area contributed by atoms with Crippen molar-refractivity contribution >= 4 is 17.1 Å². The molecule has 1 atom stereocenters. The molecule has 0 radical (unpaired) electrons. The summed E-state index contributed by atoms with van der Waals surface area (Å²) in [6.45, 7) is 5.39. The van der Waals surface area contributed by atoms with E-state index in [-0.39, 0.29) is 24.3 Å². The first-order chi connectivity index (χ1) is 17.4. The number of fused-ring (bicyclic) bond motifs is 2. The van der Waals surface area contributed by atoms with Gasteiger partial charge in [0, 0.05) is 30.4 Å². The smallest absolute Gasteiger partial charge is 0.318 e. The second kappa shape index (κ2) is 9.09. The lowest BCUT2D eigenvalue weighted by Gasteiger charge is -2.40. The first kappa shape index (κ1) is 22.8. The van der Waals surface area contributed by atoms with Gasteiger partial charge in [-0.1, -0.05) is 18.2 Å². The number of pyridine rings is 1. The van der Waals surface area contributed by atoms with Gasteiger partial charge in [0.05, 0.1) is 43.2 Å². The molecule has 8 nitrogen and oxygen atoms in total. The standard InChI is InChI=1S/C28H32N6O2/c1-17(2)36-21-15-34(16-21)28(35)32-25-6-4-5-18-11-19(7-8-23(18)25)22-9-10-29-27-24(22)12-26(31-27)20-13-30-33(3)14-20/h7-14,17,21,25H,4-6,15-16H2,1-3H3,(H,29,31)(H,32,35). The van der Waals surface area contributed by atoms with Crippen LogP contribution in [0.2, 0.25) is 0 Å². The van der Waals surface area contributed by atoms with E-state index in [4.69, 9.17) is 4.74 Å². The van der Waals surface area contributed by atoms with Gasteiger partial charge in [-0.05, 0) is 67.5 Å². The van der Waals surface area contributed by atoms with Gasteiger partial charge in [0.1, 0.15) is 5.65 Å². The number of amides is 2. The van der Waals surface area contributed by atoms with Crippen LogP contribution in [0.25, 0.3) is 33.4 Å². The molecular weight excluding hydrogens is 452 g/mol. The summed E-state index contributed by atoms with van der Waals surface area (Å²) in [4.78, 5) is 22.7. The van der Waals surface area contributed by atoms with Crippen LogP contribution < -0.4 is 5.32 Å². The van der Waals surface area contributed by atoms with Crippen LogP contribution in [-0.4, -0.2) is 56.0 Å². The number of hydrogen-bond donors (Lipinski definition) is 2. The van der Waals surface area contributed by atoms with Crippen molar-refractivity contribution in [1.29, 1.82) is 0 Å². The van der Waals surface area contributed by atoms with Crippen LogP contribution in [-0.2, 0) is 18.2 Å². The number of hydrogen-bond acceptors (Lipinski definition) is 4. The number of aromatic amines is 1. The molecule has 1 unspecified atom stereocenters. The Morgan fingerprint density at radius 2 is 2.06 bits per heavy atom. The summed E-state index contributed by atoms with van der Waals surface area (Å²) in [5.74, 6) is 0. The molecule has 0 spiro atoms. The first-order valence-corrected chi connectivity index (χ1v) is 12.8. The van der Waals surface area contributed by atoms with Gasteiger partial charge < -0.3 is 19.9 Å². The third-order valence-electron chi connectivity index (χ3n) is 7.21. The molecule has 1 saturated heterocycles. The van der Waals surface area contributed by atoms with Crippen molar-refractivity contribution in [3.63, 3.8) is 0 Å². The van der Waals surface area contributed by atoms with E-state index < -0.39 is 0 Å². The number of rotatable bonds is 5. The van der Waals surface area contributed by atoms with Gasteiger partial charge in [-0.3, -0.25) is 4.68 Å². The Balaban J connectivity index is 1.23. The molecule has 4 heterocycles. The predicted molar refractivity (Wildman–Crippen MR) is 140 cm³/mol. The van der Waals surface area contributed by atoms with Gasteiger partial charge in [0.25, 0.3) is 0 Å². The molecule has 1 aromatic carbocycles. The van der Waals surface area contributed by atoms with Crippen LogP contribution in [0.1, 0.15) is 43.9 Å². The molecule has 0 bridgehead atoms. The summed E-state index contributed by atoms with van der Waals surface area (Å²) in [5, 5.41) is 8.65. The topological polar surface area (TPSA) is 88.1 Å². The lowest BCUT2D eigenvalue weighted by atomic mass is 9.85. The van der Waals surface area contributed by atoms with Crippen molar-refractivity contribution in [1.82, 2.24) is 30.0 Å². The minimum absolute atomic E-state index is 0.00614. The minimum Gasteiger partial charge on any atom is -0.372 e. The van der Waals surface area contributed by atoms with Crippen molar-refractivity contribution in [2.24, 2.45) is 7.05 Å². The second-order valence-corrected chi connectivity index (χ2v) is 10.2. The molecule has 1 aliphatic heterocycles. The fourth-order valence-electron chi connectivity index (χ4n) is 5.44. The highest BCUT2D eigenvalue weighted by atomic mass is 16.5. The summed E-state index contributed by atoms with van der Waals surface area (Å²) < 4.78 is 7.59. The lowest BCUT2D eigenvalue weighted by Crippen LogP contribution is -2.58. The van der Waals surface area contributed by atoms with Crippen LogP contribution >= 0.6 is 0 Å². The number of carbonyl (C=O) groups excluding carboxylic acids is 1. The van der Waals surface area contributed by atoms with Gasteiger partial charge in [0.15, 0.2) is 0 Å². The molecule has 8 heteroatoms. The first-order valence-electron chi connectivity index (χ1n) is 12.8. The predicted octanol–water partition coefficient (Wildman–Crippen LogP) is 4.83. The second-order valence-electron chi connectivity index (χ2n) is 10.2. The number of urea groups is 1. The van der Waals surface area contributed by atoms with Crippen LogP contribution in [0.5, 0.6) is 0 Å². The van der Waals surface area contributed by atoms with Gasteiger partial charge in [-0.25, -0.2) is 9.78 Å². The molecule has 36 heavy (non-hydrogen) atoms. The van der Waals surface area contributed by atoms with E-state index in [1.807, 2.05) is 44.4 Å². The third kappa shape index (κ3) is 4.26. The van der Waals surface area contributed by atoms with E-state index >= 15 is 0 Å². The number of H-pyrrole nitrogens is 1. The summed E-state index contributed by atoms with van der Waals surface area (Å²) in [5.41, 5.74) is 7.76. The Morgan fingerprint density at radius 1 is 1.19 bits per heavy atom. The third-order valence-corrected chi connectivity index (χ3v) is 7.21. The van der Waals surface area contributed by atoms with Gasteiger partial charge in [0.2, 0.25) is 0 Å². The lowest BCUT2D eigenvalue weighted by molar-refractivity contribution is -0.0644. The van der Waals surface area contributed by atoms with Crippen LogP contribution in [0.4, 0.5) is 4.79 Å². The van der Waals surface area contributed by atoms with Gasteiger partial charge in [-0.15, -0.1) is 0 Å². The summed E-state index contributed by atoms with van der Waals surface area (Å²) in [7, 11) is 1.92. The van der Waals surface area contributed by atoms with E-state index in [2.05, 4.69) is 50.7 Å². The van der Waals surface area contributed by atoms with Gasteiger partial charge in [-0.2, -0.15) is 5.10 Å². The highest BCUT2D eigenvalue weighted by molar-refractivity contribution is 5.96. The fraction of sp³-hybridized carbons (Fsp3) is 0.393. The molecule has 3 aromatic heterocycles.